The van der Waals surface area contributed by atoms with Gasteiger partial charge in [-0.25, -0.2) is 19.0 Å². The Morgan fingerprint density at radius 3 is 2.50 bits per heavy atom. The van der Waals surface area contributed by atoms with Crippen LogP contribution in [0.4, 0.5) is 5.82 Å². The lowest BCUT2D eigenvalue weighted by Crippen LogP contribution is -2.17. The standard InChI is InChI=1S/C17H21N5OS/c1-12-15(11-13-5-7-14(8-6-13)24(4,18)23)16(21(2)3)22-10-9-19-17(22)20-12/h5-10,18H,11H2,1-4H3/t24-/m1/s1. The lowest BCUT2D eigenvalue weighted by Gasteiger charge is -2.21. The van der Waals surface area contributed by atoms with Gasteiger partial charge in [0.1, 0.15) is 5.82 Å². The summed E-state index contributed by atoms with van der Waals surface area (Å²) in [6.45, 7) is 1.99. The molecule has 0 saturated carbocycles. The molecule has 1 aromatic carbocycles. The van der Waals surface area contributed by atoms with Crippen LogP contribution in [0.1, 0.15) is 16.8 Å². The van der Waals surface area contributed by atoms with Crippen molar-refractivity contribution in [1.82, 2.24) is 14.4 Å². The van der Waals surface area contributed by atoms with Crippen LogP contribution in [0, 0.1) is 11.7 Å². The molecular formula is C17H21N5OS. The van der Waals surface area contributed by atoms with Crippen LogP contribution in [-0.2, 0) is 16.1 Å². The van der Waals surface area contributed by atoms with Crippen molar-refractivity contribution in [1.29, 1.82) is 4.78 Å². The first-order valence-electron chi connectivity index (χ1n) is 7.60. The fourth-order valence-electron chi connectivity index (χ4n) is 2.83. The van der Waals surface area contributed by atoms with E-state index >= 15 is 0 Å². The third kappa shape index (κ3) is 2.99. The lowest BCUT2D eigenvalue weighted by molar-refractivity contribution is 0.679. The van der Waals surface area contributed by atoms with Gasteiger partial charge < -0.3 is 4.90 Å². The first-order valence-corrected chi connectivity index (χ1v) is 9.56. The summed E-state index contributed by atoms with van der Waals surface area (Å²) in [7, 11) is 1.34. The minimum absolute atomic E-state index is 0.555. The number of nitrogens with zero attached hydrogens (tertiary/aromatic N) is 4. The monoisotopic (exact) mass is 343 g/mol. The summed E-state index contributed by atoms with van der Waals surface area (Å²) in [6.07, 6.45) is 5.81. The molecule has 3 aromatic rings. The van der Waals surface area contributed by atoms with Gasteiger partial charge in [-0.05, 0) is 24.6 Å². The second-order valence-electron chi connectivity index (χ2n) is 6.16. The summed E-state index contributed by atoms with van der Waals surface area (Å²) in [5.74, 6) is 1.74. The van der Waals surface area contributed by atoms with Crippen LogP contribution in [0.25, 0.3) is 5.78 Å². The van der Waals surface area contributed by atoms with E-state index in [0.717, 1.165) is 22.6 Å². The van der Waals surface area contributed by atoms with Gasteiger partial charge in [-0.15, -0.1) is 0 Å². The third-order valence-corrected chi connectivity index (χ3v) is 5.17. The second-order valence-corrected chi connectivity index (χ2v) is 8.31. The molecule has 0 radical (unpaired) electrons. The van der Waals surface area contributed by atoms with Crippen LogP contribution in [0.15, 0.2) is 41.6 Å². The van der Waals surface area contributed by atoms with Gasteiger partial charge in [0.05, 0.1) is 9.73 Å². The molecule has 0 saturated heterocycles. The number of imidazole rings is 1. The van der Waals surface area contributed by atoms with E-state index in [0.29, 0.717) is 17.1 Å². The normalized spacial score (nSPS) is 13.8. The first-order chi connectivity index (χ1) is 11.3. The number of aryl methyl sites for hydroxylation is 1. The summed E-state index contributed by atoms with van der Waals surface area (Å²) >= 11 is 0. The molecule has 1 atom stereocenters. The Morgan fingerprint density at radius 1 is 1.25 bits per heavy atom. The summed E-state index contributed by atoms with van der Waals surface area (Å²) in [6, 6.07) is 7.42. The van der Waals surface area contributed by atoms with E-state index < -0.39 is 9.73 Å². The number of aromatic nitrogens is 3. The van der Waals surface area contributed by atoms with Crippen LogP contribution in [-0.4, -0.2) is 38.9 Å². The number of hydrogen-bond acceptors (Lipinski definition) is 5. The maximum Gasteiger partial charge on any atom is 0.235 e. The molecule has 126 valence electrons. The van der Waals surface area contributed by atoms with Crippen molar-refractivity contribution in [3.05, 3.63) is 53.5 Å². The van der Waals surface area contributed by atoms with Crippen LogP contribution >= 0.6 is 0 Å². The zero-order chi connectivity index (χ0) is 17.5. The highest BCUT2D eigenvalue weighted by atomic mass is 32.2. The molecule has 3 rings (SSSR count). The topological polar surface area (TPSA) is 74.3 Å². The fraction of sp³-hybridized carbons (Fsp3) is 0.294. The molecule has 24 heavy (non-hydrogen) atoms. The van der Waals surface area contributed by atoms with Crippen molar-refractivity contribution in [2.45, 2.75) is 18.2 Å². The van der Waals surface area contributed by atoms with Crippen molar-refractivity contribution in [2.24, 2.45) is 0 Å². The summed E-state index contributed by atoms with van der Waals surface area (Å²) in [4.78, 5) is 11.5. The predicted molar refractivity (Wildman–Crippen MR) is 96.4 cm³/mol. The molecule has 7 heteroatoms. The molecule has 0 aliphatic carbocycles. The van der Waals surface area contributed by atoms with Gasteiger partial charge in [0.25, 0.3) is 0 Å². The molecule has 0 amide bonds. The molecule has 0 aliphatic rings. The van der Waals surface area contributed by atoms with Crippen molar-refractivity contribution in [3.8, 4) is 0 Å². The number of hydrogen-bond donors (Lipinski definition) is 1. The van der Waals surface area contributed by atoms with Crippen molar-refractivity contribution in [2.75, 3.05) is 25.3 Å². The Hall–Kier alpha value is -2.41. The molecule has 1 N–H and O–H groups in total. The number of anilines is 1. The van der Waals surface area contributed by atoms with Gasteiger partial charge in [-0.3, -0.25) is 4.40 Å². The van der Waals surface area contributed by atoms with Crippen LogP contribution in [0.2, 0.25) is 0 Å². The predicted octanol–water partition coefficient (Wildman–Crippen LogP) is 2.73. The summed E-state index contributed by atoms with van der Waals surface area (Å²) < 4.78 is 21.5. The lowest BCUT2D eigenvalue weighted by atomic mass is 10.0. The molecule has 6 nitrogen and oxygen atoms in total. The van der Waals surface area contributed by atoms with E-state index in [1.54, 1.807) is 18.3 Å². The summed E-state index contributed by atoms with van der Waals surface area (Å²) in [5, 5.41) is 0. The zero-order valence-electron chi connectivity index (χ0n) is 14.3. The Kier molecular flexibility index (Phi) is 4.04. The molecular weight excluding hydrogens is 322 g/mol. The fourth-order valence-corrected chi connectivity index (χ4v) is 3.49. The Balaban J connectivity index is 2.06. The second kappa shape index (κ2) is 5.90. The van der Waals surface area contributed by atoms with Gasteiger partial charge >= 0.3 is 0 Å². The number of rotatable bonds is 4. The first kappa shape index (κ1) is 16.4. The maximum atomic E-state index is 11.8. The molecule has 2 aromatic heterocycles. The highest BCUT2D eigenvalue weighted by molar-refractivity contribution is 7.91. The van der Waals surface area contributed by atoms with E-state index in [1.165, 1.54) is 6.26 Å². The largest absolute Gasteiger partial charge is 0.363 e. The molecule has 0 unspecified atom stereocenters. The van der Waals surface area contributed by atoms with E-state index in [1.807, 2.05) is 43.7 Å². The van der Waals surface area contributed by atoms with E-state index in [9.17, 15) is 4.21 Å². The van der Waals surface area contributed by atoms with Gasteiger partial charge in [0.15, 0.2) is 0 Å². The molecule has 0 bridgehead atoms. The average molecular weight is 343 g/mol. The van der Waals surface area contributed by atoms with Crippen molar-refractivity contribution < 1.29 is 4.21 Å². The average Bonchev–Trinajstić information content (AvgIpc) is 2.94. The Bertz CT molecular complexity index is 988. The minimum Gasteiger partial charge on any atom is -0.363 e. The smallest absolute Gasteiger partial charge is 0.235 e. The van der Waals surface area contributed by atoms with Gasteiger partial charge in [0, 0.05) is 55.3 Å². The van der Waals surface area contributed by atoms with Crippen molar-refractivity contribution in [3.63, 3.8) is 0 Å². The Labute approximate surface area is 142 Å². The van der Waals surface area contributed by atoms with Crippen LogP contribution < -0.4 is 4.90 Å². The Morgan fingerprint density at radius 2 is 1.92 bits per heavy atom. The zero-order valence-corrected chi connectivity index (χ0v) is 15.1. The molecule has 0 spiro atoms. The van der Waals surface area contributed by atoms with Crippen molar-refractivity contribution >= 4 is 21.3 Å². The van der Waals surface area contributed by atoms with Crippen LogP contribution in [0.3, 0.4) is 0 Å². The highest BCUT2D eigenvalue weighted by Crippen LogP contribution is 2.25. The third-order valence-electron chi connectivity index (χ3n) is 4.00. The maximum absolute atomic E-state index is 11.8. The van der Waals surface area contributed by atoms with Gasteiger partial charge in [-0.2, -0.15) is 0 Å². The quantitative estimate of drug-likeness (QED) is 0.790. The van der Waals surface area contributed by atoms with Gasteiger partial charge in [0.2, 0.25) is 5.78 Å². The van der Waals surface area contributed by atoms with E-state index in [4.69, 9.17) is 4.78 Å². The molecule has 0 aliphatic heterocycles. The van der Waals surface area contributed by atoms with Gasteiger partial charge in [-0.1, -0.05) is 12.1 Å². The highest BCUT2D eigenvalue weighted by Gasteiger charge is 2.15. The number of fused-ring (bicyclic) bond motifs is 1. The molecule has 0 fully saturated rings. The van der Waals surface area contributed by atoms with Crippen LogP contribution in [0.5, 0.6) is 0 Å². The molecule has 2 heterocycles. The minimum atomic E-state index is -2.68. The summed E-state index contributed by atoms with van der Waals surface area (Å²) in [5.41, 5.74) is 3.16. The number of nitrogens with one attached hydrogen (secondary N) is 1. The van der Waals surface area contributed by atoms with E-state index in [-0.39, 0.29) is 0 Å². The van der Waals surface area contributed by atoms with E-state index in [2.05, 4.69) is 14.9 Å². The number of benzene rings is 1. The SMILES string of the molecule is Cc1nc2nccn2c(N(C)C)c1Cc1ccc([S@](C)(=N)=O)cc1.